The minimum absolute atomic E-state index is 0.0599. The van der Waals surface area contributed by atoms with Crippen LogP contribution in [0.15, 0.2) is 12.3 Å². The summed E-state index contributed by atoms with van der Waals surface area (Å²) in [7, 11) is 0. The van der Waals surface area contributed by atoms with E-state index in [4.69, 9.17) is 11.5 Å². The van der Waals surface area contributed by atoms with Gasteiger partial charge in [-0.3, -0.25) is 0 Å². The second-order valence-electron chi connectivity index (χ2n) is 3.11. The second kappa shape index (κ2) is 3.49. The Balaban J connectivity index is 2.88. The van der Waals surface area contributed by atoms with Crippen molar-refractivity contribution in [2.24, 2.45) is 11.7 Å². The van der Waals surface area contributed by atoms with Gasteiger partial charge in [-0.2, -0.15) is 0 Å². The van der Waals surface area contributed by atoms with Crippen LogP contribution in [0.1, 0.15) is 25.6 Å². The third kappa shape index (κ3) is 1.92. The van der Waals surface area contributed by atoms with Crippen LogP contribution in [0.25, 0.3) is 0 Å². The lowest BCUT2D eigenvalue weighted by Gasteiger charge is -2.14. The molecule has 1 aromatic heterocycles. The summed E-state index contributed by atoms with van der Waals surface area (Å²) < 4.78 is 0. The summed E-state index contributed by atoms with van der Waals surface area (Å²) in [5.74, 6) is 0.642. The molecule has 0 saturated carbocycles. The van der Waals surface area contributed by atoms with Gasteiger partial charge in [0.15, 0.2) is 0 Å². The molecule has 0 aromatic carbocycles. The molecule has 0 spiro atoms. The average molecular weight is 166 g/mol. The van der Waals surface area contributed by atoms with Gasteiger partial charge in [0.05, 0.1) is 5.69 Å². The smallest absolute Gasteiger partial charge is 0.220 e. The van der Waals surface area contributed by atoms with E-state index in [0.29, 0.717) is 5.92 Å². The largest absolute Gasteiger partial charge is 0.368 e. The first-order valence-electron chi connectivity index (χ1n) is 3.95. The maximum absolute atomic E-state index is 5.86. The minimum Gasteiger partial charge on any atom is -0.368 e. The fourth-order valence-electron chi connectivity index (χ4n) is 0.916. The molecule has 0 aliphatic rings. The van der Waals surface area contributed by atoms with Crippen LogP contribution in [-0.4, -0.2) is 9.97 Å². The van der Waals surface area contributed by atoms with Crippen molar-refractivity contribution in [3.05, 3.63) is 18.0 Å². The number of nitrogens with zero attached hydrogens (tertiary/aromatic N) is 2. The number of aromatic nitrogens is 2. The van der Waals surface area contributed by atoms with Gasteiger partial charge in [-0.25, -0.2) is 9.97 Å². The zero-order chi connectivity index (χ0) is 9.14. The van der Waals surface area contributed by atoms with Crippen LogP contribution >= 0.6 is 0 Å². The quantitative estimate of drug-likeness (QED) is 0.678. The van der Waals surface area contributed by atoms with Crippen molar-refractivity contribution in [2.75, 3.05) is 5.73 Å². The molecule has 1 aromatic rings. The van der Waals surface area contributed by atoms with E-state index in [1.54, 1.807) is 12.3 Å². The van der Waals surface area contributed by atoms with Gasteiger partial charge >= 0.3 is 0 Å². The van der Waals surface area contributed by atoms with Gasteiger partial charge in [-0.05, 0) is 12.0 Å². The monoisotopic (exact) mass is 166 g/mol. The second-order valence-corrected chi connectivity index (χ2v) is 3.11. The summed E-state index contributed by atoms with van der Waals surface area (Å²) in [4.78, 5) is 7.83. The van der Waals surface area contributed by atoms with Crippen molar-refractivity contribution in [1.82, 2.24) is 9.97 Å². The van der Waals surface area contributed by atoms with Crippen molar-refractivity contribution in [2.45, 2.75) is 19.9 Å². The van der Waals surface area contributed by atoms with E-state index in [-0.39, 0.29) is 12.0 Å². The molecule has 1 heterocycles. The molecule has 1 rings (SSSR count). The van der Waals surface area contributed by atoms with Crippen LogP contribution in [0.3, 0.4) is 0 Å². The highest BCUT2D eigenvalue weighted by Gasteiger charge is 2.11. The maximum atomic E-state index is 5.86. The third-order valence-electron chi connectivity index (χ3n) is 1.76. The Kier molecular flexibility index (Phi) is 2.60. The van der Waals surface area contributed by atoms with E-state index < -0.39 is 0 Å². The zero-order valence-corrected chi connectivity index (χ0v) is 7.36. The van der Waals surface area contributed by atoms with Crippen molar-refractivity contribution in [3.8, 4) is 0 Å². The third-order valence-corrected chi connectivity index (χ3v) is 1.76. The zero-order valence-electron chi connectivity index (χ0n) is 7.36. The highest BCUT2D eigenvalue weighted by Crippen LogP contribution is 2.15. The van der Waals surface area contributed by atoms with Crippen LogP contribution in [0, 0.1) is 5.92 Å². The SMILES string of the molecule is CC(C)C(N)c1ccnc(N)n1. The predicted octanol–water partition coefficient (Wildman–Crippen LogP) is 0.715. The molecular weight excluding hydrogens is 152 g/mol. The number of anilines is 1. The molecular formula is C8H14N4. The number of rotatable bonds is 2. The highest BCUT2D eigenvalue weighted by molar-refractivity contribution is 5.19. The Morgan fingerprint density at radius 2 is 2.08 bits per heavy atom. The van der Waals surface area contributed by atoms with Crippen LogP contribution in [-0.2, 0) is 0 Å². The van der Waals surface area contributed by atoms with Gasteiger partial charge in [-0.1, -0.05) is 13.8 Å². The molecule has 0 fully saturated rings. The van der Waals surface area contributed by atoms with Crippen molar-refractivity contribution in [1.29, 1.82) is 0 Å². The molecule has 1 atom stereocenters. The first kappa shape index (κ1) is 8.93. The molecule has 66 valence electrons. The molecule has 0 radical (unpaired) electrons. The Morgan fingerprint density at radius 1 is 1.42 bits per heavy atom. The van der Waals surface area contributed by atoms with E-state index >= 15 is 0 Å². The average Bonchev–Trinajstić information content (AvgIpc) is 2.03. The molecule has 4 N–H and O–H groups in total. The van der Waals surface area contributed by atoms with Gasteiger partial charge in [0.2, 0.25) is 5.95 Å². The summed E-state index contributed by atoms with van der Waals surface area (Å²) in [5, 5.41) is 0. The van der Waals surface area contributed by atoms with Crippen LogP contribution in [0.2, 0.25) is 0 Å². The fourth-order valence-corrected chi connectivity index (χ4v) is 0.916. The van der Waals surface area contributed by atoms with Gasteiger partial charge in [0.1, 0.15) is 0 Å². The molecule has 0 aliphatic carbocycles. The van der Waals surface area contributed by atoms with Crippen molar-refractivity contribution in [3.63, 3.8) is 0 Å². The molecule has 4 heteroatoms. The van der Waals surface area contributed by atoms with Crippen molar-refractivity contribution < 1.29 is 0 Å². The molecule has 0 aliphatic heterocycles. The molecule has 0 saturated heterocycles. The predicted molar refractivity (Wildman–Crippen MR) is 48.2 cm³/mol. The maximum Gasteiger partial charge on any atom is 0.220 e. The summed E-state index contributed by atoms with van der Waals surface area (Å²) in [6, 6.07) is 1.73. The van der Waals surface area contributed by atoms with Gasteiger partial charge in [-0.15, -0.1) is 0 Å². The number of hydrogen-bond acceptors (Lipinski definition) is 4. The van der Waals surface area contributed by atoms with E-state index in [9.17, 15) is 0 Å². The lowest BCUT2D eigenvalue weighted by atomic mass is 10.0. The minimum atomic E-state index is -0.0599. The van der Waals surface area contributed by atoms with Gasteiger partial charge in [0, 0.05) is 12.2 Å². The number of nitrogens with two attached hydrogens (primary N) is 2. The summed E-state index contributed by atoms with van der Waals surface area (Å²) in [5.41, 5.74) is 12.1. The lowest BCUT2D eigenvalue weighted by molar-refractivity contribution is 0.503. The molecule has 1 unspecified atom stereocenters. The summed E-state index contributed by atoms with van der Waals surface area (Å²) in [6.45, 7) is 4.09. The first-order valence-corrected chi connectivity index (χ1v) is 3.95. The molecule has 12 heavy (non-hydrogen) atoms. The van der Waals surface area contributed by atoms with Gasteiger partial charge in [0.25, 0.3) is 0 Å². The van der Waals surface area contributed by atoms with E-state index in [1.165, 1.54) is 0 Å². The Morgan fingerprint density at radius 3 is 2.58 bits per heavy atom. The van der Waals surface area contributed by atoms with E-state index in [0.717, 1.165) is 5.69 Å². The summed E-state index contributed by atoms with van der Waals surface area (Å²) >= 11 is 0. The molecule has 0 bridgehead atoms. The Labute approximate surface area is 72.0 Å². The Bertz CT molecular complexity index is 259. The highest BCUT2D eigenvalue weighted by atomic mass is 15.0. The molecule has 4 nitrogen and oxygen atoms in total. The lowest BCUT2D eigenvalue weighted by Crippen LogP contribution is -2.18. The van der Waals surface area contributed by atoms with E-state index in [1.807, 2.05) is 13.8 Å². The Hall–Kier alpha value is -1.16. The van der Waals surface area contributed by atoms with Crippen LogP contribution in [0.4, 0.5) is 5.95 Å². The standard InChI is InChI=1S/C8H14N4/c1-5(2)7(9)6-3-4-11-8(10)12-6/h3-5,7H,9H2,1-2H3,(H2,10,11,12). The molecule has 0 amide bonds. The van der Waals surface area contributed by atoms with Crippen molar-refractivity contribution >= 4 is 5.95 Å². The topological polar surface area (TPSA) is 77.8 Å². The summed E-state index contributed by atoms with van der Waals surface area (Å²) in [6.07, 6.45) is 1.62. The number of hydrogen-bond donors (Lipinski definition) is 2. The van der Waals surface area contributed by atoms with Crippen LogP contribution in [0.5, 0.6) is 0 Å². The van der Waals surface area contributed by atoms with Crippen LogP contribution < -0.4 is 11.5 Å². The normalized spacial score (nSPS) is 13.3. The van der Waals surface area contributed by atoms with Gasteiger partial charge < -0.3 is 11.5 Å². The first-order chi connectivity index (χ1) is 5.61. The van der Waals surface area contributed by atoms with E-state index in [2.05, 4.69) is 9.97 Å². The number of nitrogen functional groups attached to an aromatic ring is 1. The fraction of sp³-hybridized carbons (Fsp3) is 0.500.